The molecule has 1 saturated heterocycles. The molecule has 2 unspecified atom stereocenters. The topological polar surface area (TPSA) is 84.9 Å². The third-order valence-corrected chi connectivity index (χ3v) is 7.08. The van der Waals surface area contributed by atoms with Gasteiger partial charge >= 0.3 is 0 Å². The van der Waals surface area contributed by atoms with Crippen molar-refractivity contribution in [2.24, 2.45) is 0 Å². The first kappa shape index (κ1) is 20.6. The number of nitrogens with one attached hydrogen (secondary N) is 1. The zero-order valence-corrected chi connectivity index (χ0v) is 17.7. The van der Waals surface area contributed by atoms with Crippen molar-refractivity contribution in [3.05, 3.63) is 29.8 Å². The Morgan fingerprint density at radius 3 is 2.62 bits per heavy atom. The number of carbonyl (C=O) groups excluding carboxylic acids is 1. The molecule has 4 aliphatic rings. The van der Waals surface area contributed by atoms with E-state index in [9.17, 15) is 13.2 Å². The van der Waals surface area contributed by atoms with Gasteiger partial charge in [-0.2, -0.15) is 0 Å². The van der Waals surface area contributed by atoms with E-state index in [0.717, 1.165) is 44.1 Å². The summed E-state index contributed by atoms with van der Waals surface area (Å²) >= 11 is 0. The molecule has 29 heavy (non-hydrogen) atoms. The number of nitrogens with zero attached hydrogens (tertiary/aromatic N) is 1. The number of sulfonamides is 1. The van der Waals surface area contributed by atoms with Crippen LogP contribution in [-0.4, -0.2) is 63.4 Å². The van der Waals surface area contributed by atoms with E-state index in [-0.39, 0.29) is 30.7 Å². The van der Waals surface area contributed by atoms with Gasteiger partial charge in [0.1, 0.15) is 5.75 Å². The van der Waals surface area contributed by atoms with Crippen LogP contribution in [0.15, 0.2) is 24.3 Å². The van der Waals surface area contributed by atoms with Crippen LogP contribution in [0.25, 0.3) is 0 Å². The number of benzene rings is 1. The molecule has 8 heteroatoms. The average Bonchev–Trinajstić information content (AvgIpc) is 2.71. The lowest BCUT2D eigenvalue weighted by Gasteiger charge is -2.41. The van der Waals surface area contributed by atoms with Crippen LogP contribution in [0.2, 0.25) is 0 Å². The SMILES string of the molecule is CS(=O)(=O)NC1CCCN2C(=O)COc3ccccc3C3CCC(CC3)OCC12. The molecule has 2 atom stereocenters. The minimum atomic E-state index is -3.37. The van der Waals surface area contributed by atoms with Gasteiger partial charge in [0.15, 0.2) is 6.61 Å². The van der Waals surface area contributed by atoms with Crippen LogP contribution >= 0.6 is 0 Å². The van der Waals surface area contributed by atoms with E-state index in [4.69, 9.17) is 9.47 Å². The van der Waals surface area contributed by atoms with E-state index < -0.39 is 10.0 Å². The molecule has 1 saturated carbocycles. The Balaban J connectivity index is 1.61. The van der Waals surface area contributed by atoms with Crippen LogP contribution in [0.3, 0.4) is 0 Å². The third-order valence-electron chi connectivity index (χ3n) is 6.35. The van der Waals surface area contributed by atoms with Gasteiger partial charge in [-0.15, -0.1) is 0 Å². The molecular formula is C21H30N2O5S. The minimum absolute atomic E-state index is 0.0464. The largest absolute Gasteiger partial charge is 0.483 e. The van der Waals surface area contributed by atoms with Crippen LogP contribution in [0, 0.1) is 0 Å². The number of rotatable bonds is 2. The highest BCUT2D eigenvalue weighted by molar-refractivity contribution is 7.88. The predicted octanol–water partition coefficient (Wildman–Crippen LogP) is 2.03. The van der Waals surface area contributed by atoms with Crippen molar-refractivity contribution in [2.75, 3.05) is 26.0 Å². The van der Waals surface area contributed by atoms with Crippen LogP contribution in [-0.2, 0) is 19.6 Å². The fourth-order valence-corrected chi connectivity index (χ4v) is 5.76. The molecule has 1 amide bonds. The minimum Gasteiger partial charge on any atom is -0.483 e. The number of hydrogen-bond donors (Lipinski definition) is 1. The molecule has 1 N–H and O–H groups in total. The normalized spacial score (nSPS) is 30.9. The summed E-state index contributed by atoms with van der Waals surface area (Å²) < 4.78 is 38.6. The second kappa shape index (κ2) is 8.62. The Morgan fingerprint density at radius 2 is 1.86 bits per heavy atom. The van der Waals surface area contributed by atoms with Crippen LogP contribution in [0.1, 0.15) is 50.0 Å². The number of para-hydroxylation sites is 1. The second-order valence-corrected chi connectivity index (χ2v) is 10.2. The molecular weight excluding hydrogens is 392 g/mol. The zero-order valence-electron chi connectivity index (χ0n) is 16.9. The van der Waals surface area contributed by atoms with Crippen molar-refractivity contribution >= 4 is 15.9 Å². The molecule has 5 rings (SSSR count). The van der Waals surface area contributed by atoms with Crippen molar-refractivity contribution in [3.8, 4) is 5.75 Å². The highest BCUT2D eigenvalue weighted by Gasteiger charge is 2.37. The highest BCUT2D eigenvalue weighted by atomic mass is 32.2. The number of fused-ring (bicyclic) bond motifs is 5. The Hall–Kier alpha value is -1.64. The molecule has 3 heterocycles. The Bertz CT molecular complexity index is 835. The van der Waals surface area contributed by atoms with Crippen LogP contribution in [0.5, 0.6) is 5.75 Å². The standard InChI is InChI=1S/C21H30N2O5S/c1-29(25,26)22-18-6-4-12-23-19(18)13-27-16-10-8-15(9-11-16)17-5-2-3-7-20(17)28-14-21(23)24/h2-3,5,7,15-16,18-19,22H,4,6,8-14H2,1H3. The van der Waals surface area contributed by atoms with E-state index in [2.05, 4.69) is 10.8 Å². The summed E-state index contributed by atoms with van der Waals surface area (Å²) in [6.45, 7) is 0.892. The molecule has 1 aliphatic carbocycles. The number of hydrogen-bond acceptors (Lipinski definition) is 5. The molecule has 2 fully saturated rings. The molecule has 2 bridgehead atoms. The van der Waals surface area contributed by atoms with Gasteiger partial charge in [0.05, 0.1) is 25.0 Å². The van der Waals surface area contributed by atoms with Gasteiger partial charge < -0.3 is 14.4 Å². The molecule has 1 aromatic rings. The van der Waals surface area contributed by atoms with Crippen molar-refractivity contribution in [3.63, 3.8) is 0 Å². The summed E-state index contributed by atoms with van der Waals surface area (Å²) in [6.07, 6.45) is 6.73. The lowest BCUT2D eigenvalue weighted by Crippen LogP contribution is -2.59. The predicted molar refractivity (Wildman–Crippen MR) is 109 cm³/mol. The van der Waals surface area contributed by atoms with E-state index in [1.165, 1.54) is 5.56 Å². The highest BCUT2D eigenvalue weighted by Crippen LogP contribution is 2.38. The van der Waals surface area contributed by atoms with Gasteiger partial charge in [0, 0.05) is 12.6 Å². The Labute approximate surface area is 172 Å². The molecule has 7 nitrogen and oxygen atoms in total. The number of piperidine rings is 1. The summed E-state index contributed by atoms with van der Waals surface area (Å²) in [5.74, 6) is 1.08. The number of ether oxygens (including phenoxy) is 2. The van der Waals surface area contributed by atoms with E-state index in [1.54, 1.807) is 4.90 Å². The molecule has 0 aromatic heterocycles. The zero-order chi connectivity index (χ0) is 20.4. The Morgan fingerprint density at radius 1 is 1.10 bits per heavy atom. The van der Waals surface area contributed by atoms with Gasteiger partial charge in [0.2, 0.25) is 10.0 Å². The Kier molecular flexibility index (Phi) is 6.13. The number of carbonyl (C=O) groups is 1. The maximum atomic E-state index is 13.0. The van der Waals surface area contributed by atoms with Crippen LogP contribution in [0.4, 0.5) is 0 Å². The summed E-state index contributed by atoms with van der Waals surface area (Å²) in [4.78, 5) is 14.8. The van der Waals surface area contributed by atoms with Gasteiger partial charge in [-0.3, -0.25) is 4.79 Å². The second-order valence-electron chi connectivity index (χ2n) is 8.43. The van der Waals surface area contributed by atoms with E-state index >= 15 is 0 Å². The smallest absolute Gasteiger partial charge is 0.260 e. The van der Waals surface area contributed by atoms with Crippen LogP contribution < -0.4 is 9.46 Å². The molecule has 160 valence electrons. The summed E-state index contributed by atoms with van der Waals surface area (Å²) in [7, 11) is -3.37. The lowest BCUT2D eigenvalue weighted by atomic mass is 9.82. The molecule has 1 aromatic carbocycles. The summed E-state index contributed by atoms with van der Waals surface area (Å²) in [6, 6.07) is 7.34. The first-order chi connectivity index (χ1) is 13.9. The van der Waals surface area contributed by atoms with Gasteiger partial charge in [-0.1, -0.05) is 18.2 Å². The van der Waals surface area contributed by atoms with Crippen molar-refractivity contribution < 1.29 is 22.7 Å². The maximum Gasteiger partial charge on any atom is 0.260 e. The third kappa shape index (κ3) is 4.92. The fourth-order valence-electron chi connectivity index (χ4n) is 4.93. The van der Waals surface area contributed by atoms with Gasteiger partial charge in [-0.25, -0.2) is 13.1 Å². The fraction of sp³-hybridized carbons (Fsp3) is 0.667. The van der Waals surface area contributed by atoms with E-state index in [1.807, 2.05) is 18.2 Å². The van der Waals surface area contributed by atoms with Crippen molar-refractivity contribution in [2.45, 2.75) is 62.6 Å². The first-order valence-electron chi connectivity index (χ1n) is 10.5. The summed E-state index contributed by atoms with van der Waals surface area (Å²) in [5, 5.41) is 0. The van der Waals surface area contributed by atoms with E-state index in [0.29, 0.717) is 25.5 Å². The lowest BCUT2D eigenvalue weighted by molar-refractivity contribution is -0.140. The monoisotopic (exact) mass is 422 g/mol. The number of amides is 1. The van der Waals surface area contributed by atoms with Crippen molar-refractivity contribution in [1.29, 1.82) is 0 Å². The van der Waals surface area contributed by atoms with Gasteiger partial charge in [0.25, 0.3) is 5.91 Å². The quantitative estimate of drug-likeness (QED) is 0.788. The maximum absolute atomic E-state index is 13.0. The molecule has 3 aliphatic heterocycles. The first-order valence-corrected chi connectivity index (χ1v) is 12.4. The summed E-state index contributed by atoms with van der Waals surface area (Å²) in [5.41, 5.74) is 1.17. The average molecular weight is 423 g/mol. The van der Waals surface area contributed by atoms with Crippen molar-refractivity contribution in [1.82, 2.24) is 9.62 Å². The molecule has 0 radical (unpaired) electrons. The van der Waals surface area contributed by atoms with Gasteiger partial charge in [-0.05, 0) is 56.1 Å². The molecule has 0 spiro atoms.